The van der Waals surface area contributed by atoms with Crippen LogP contribution in [0.4, 0.5) is 11.4 Å². The summed E-state index contributed by atoms with van der Waals surface area (Å²) < 4.78 is 1.99. The summed E-state index contributed by atoms with van der Waals surface area (Å²) in [6.07, 6.45) is 1.69. The van der Waals surface area contributed by atoms with Gasteiger partial charge in [-0.25, -0.2) is 4.99 Å². The summed E-state index contributed by atoms with van der Waals surface area (Å²) in [5.74, 6) is -0.311. The Labute approximate surface area is 213 Å². The van der Waals surface area contributed by atoms with Gasteiger partial charge in [0.2, 0.25) is 0 Å². The molecule has 3 heterocycles. The number of aromatic nitrogens is 1. The number of aryl methyl sites for hydroxylation is 1. The van der Waals surface area contributed by atoms with E-state index in [4.69, 9.17) is 0 Å². The van der Waals surface area contributed by atoms with Crippen molar-refractivity contribution in [3.05, 3.63) is 123 Å². The van der Waals surface area contributed by atoms with E-state index >= 15 is 0 Å². The second-order valence-corrected chi connectivity index (χ2v) is 10.2. The minimum atomic E-state index is -0.621. The van der Waals surface area contributed by atoms with Gasteiger partial charge in [-0.05, 0) is 60.7 Å². The van der Waals surface area contributed by atoms with Gasteiger partial charge in [-0.3, -0.25) is 24.3 Å². The molecule has 2 aromatic heterocycles. The molecule has 2 aromatic carbocycles. The predicted molar refractivity (Wildman–Crippen MR) is 141 cm³/mol. The molecule has 0 fully saturated rings. The van der Waals surface area contributed by atoms with Gasteiger partial charge < -0.3 is 5.32 Å². The second kappa shape index (κ2) is 9.48. The van der Waals surface area contributed by atoms with Crippen molar-refractivity contribution >= 4 is 46.0 Å². The maximum Gasteiger partial charge on any atom is 0.271 e. The van der Waals surface area contributed by atoms with Gasteiger partial charge in [0.1, 0.15) is 6.04 Å². The smallest absolute Gasteiger partial charge is 0.271 e. The Morgan fingerprint density at radius 3 is 2.53 bits per heavy atom. The summed E-state index contributed by atoms with van der Waals surface area (Å²) >= 11 is 2.69. The standard InChI is InChI=1S/C26H20N4O4S2/c1-15-6-3-4-7-19(15)28-24(31)22-16(2)27-26-29(23(22)20-8-5-13-35-20)25(32)21(36-26)14-17-9-11-18(12-10-17)30(33)34/h3-14,23H,1-2H3,(H,28,31)/b21-14+. The van der Waals surface area contributed by atoms with Crippen LogP contribution in [0.5, 0.6) is 0 Å². The van der Waals surface area contributed by atoms with Crippen LogP contribution in [0, 0.1) is 17.0 Å². The maximum absolute atomic E-state index is 13.6. The Hall–Kier alpha value is -4.15. The molecule has 4 aromatic rings. The average Bonchev–Trinajstić information content (AvgIpc) is 3.49. The number of nitro benzene ring substituents is 1. The molecule has 1 amide bonds. The number of carbonyl (C=O) groups excluding carboxylic acids is 1. The van der Waals surface area contributed by atoms with Gasteiger partial charge >= 0.3 is 0 Å². The lowest BCUT2D eigenvalue weighted by Crippen LogP contribution is -2.40. The van der Waals surface area contributed by atoms with E-state index in [1.807, 2.05) is 48.7 Å². The van der Waals surface area contributed by atoms with E-state index in [-0.39, 0.29) is 17.2 Å². The van der Waals surface area contributed by atoms with Crippen LogP contribution < -0.4 is 20.2 Å². The Balaban J connectivity index is 1.62. The number of nitrogens with one attached hydrogen (secondary N) is 1. The lowest BCUT2D eigenvalue weighted by Gasteiger charge is -2.24. The number of nitro groups is 1. The van der Waals surface area contributed by atoms with Gasteiger partial charge in [-0.15, -0.1) is 11.3 Å². The highest BCUT2D eigenvalue weighted by Crippen LogP contribution is 2.33. The number of allylic oxidation sites excluding steroid dienone is 1. The van der Waals surface area contributed by atoms with Gasteiger partial charge in [0.25, 0.3) is 17.2 Å². The normalized spacial score (nSPS) is 15.4. The van der Waals surface area contributed by atoms with E-state index in [2.05, 4.69) is 10.3 Å². The number of fused-ring (bicyclic) bond motifs is 1. The van der Waals surface area contributed by atoms with Gasteiger partial charge in [0.05, 0.1) is 20.7 Å². The van der Waals surface area contributed by atoms with Crippen molar-refractivity contribution in [3.8, 4) is 0 Å². The number of carbonyl (C=O) groups is 1. The SMILES string of the molecule is CC1=C(C(=O)Nc2ccccc2C)C(c2cccs2)n2c(s/c(=C/c3ccc([N+](=O)[O-])cc3)c2=O)=N1. The van der Waals surface area contributed by atoms with Gasteiger partial charge in [0, 0.05) is 22.7 Å². The van der Waals surface area contributed by atoms with Crippen LogP contribution in [0.1, 0.15) is 29.0 Å². The van der Waals surface area contributed by atoms with Crippen LogP contribution in [0.3, 0.4) is 0 Å². The minimum absolute atomic E-state index is 0.0220. The van der Waals surface area contributed by atoms with Crippen molar-refractivity contribution in [2.24, 2.45) is 4.99 Å². The number of hydrogen-bond donors (Lipinski definition) is 1. The average molecular weight is 517 g/mol. The highest BCUT2D eigenvalue weighted by atomic mass is 32.1. The van der Waals surface area contributed by atoms with E-state index < -0.39 is 11.0 Å². The van der Waals surface area contributed by atoms with Crippen LogP contribution in [0.2, 0.25) is 0 Å². The Morgan fingerprint density at radius 1 is 1.11 bits per heavy atom. The first-order chi connectivity index (χ1) is 17.3. The molecule has 0 radical (unpaired) electrons. The first-order valence-corrected chi connectivity index (χ1v) is 12.7. The maximum atomic E-state index is 13.6. The molecule has 1 aliphatic heterocycles. The Bertz CT molecular complexity index is 1700. The molecule has 0 saturated heterocycles. The summed E-state index contributed by atoms with van der Waals surface area (Å²) in [6, 6.07) is 16.7. The van der Waals surface area contributed by atoms with Crippen molar-refractivity contribution in [1.82, 2.24) is 4.57 Å². The van der Waals surface area contributed by atoms with Crippen molar-refractivity contribution < 1.29 is 9.72 Å². The van der Waals surface area contributed by atoms with Crippen LogP contribution in [0.25, 0.3) is 6.08 Å². The highest BCUT2D eigenvalue weighted by molar-refractivity contribution is 7.10. The molecular formula is C26H20N4O4S2. The highest BCUT2D eigenvalue weighted by Gasteiger charge is 2.33. The van der Waals surface area contributed by atoms with Crippen molar-refractivity contribution in [1.29, 1.82) is 0 Å². The summed E-state index contributed by atoms with van der Waals surface area (Å²) in [5.41, 5.74) is 2.95. The number of rotatable bonds is 5. The number of non-ortho nitro benzene ring substituents is 1. The zero-order chi connectivity index (χ0) is 25.4. The molecule has 1 unspecified atom stereocenters. The summed E-state index contributed by atoms with van der Waals surface area (Å²) in [7, 11) is 0. The largest absolute Gasteiger partial charge is 0.322 e. The number of nitrogens with zero attached hydrogens (tertiary/aromatic N) is 3. The van der Waals surface area contributed by atoms with Gasteiger partial charge in [-0.1, -0.05) is 35.6 Å². The molecule has 5 rings (SSSR count). The summed E-state index contributed by atoms with van der Waals surface area (Å²) in [4.78, 5) is 43.6. The third kappa shape index (κ3) is 4.32. The molecule has 0 saturated carbocycles. The molecule has 8 nitrogen and oxygen atoms in total. The summed E-state index contributed by atoms with van der Waals surface area (Å²) in [6.45, 7) is 3.70. The number of para-hydroxylation sites is 1. The van der Waals surface area contributed by atoms with Crippen LogP contribution in [-0.2, 0) is 4.79 Å². The topological polar surface area (TPSA) is 107 Å². The molecule has 1 aliphatic rings. The van der Waals surface area contributed by atoms with E-state index in [0.717, 1.165) is 10.4 Å². The lowest BCUT2D eigenvalue weighted by molar-refractivity contribution is -0.384. The zero-order valence-electron chi connectivity index (χ0n) is 19.3. The van der Waals surface area contributed by atoms with E-state index in [9.17, 15) is 19.7 Å². The first kappa shape index (κ1) is 23.6. The lowest BCUT2D eigenvalue weighted by atomic mass is 10.0. The molecule has 0 aliphatic carbocycles. The first-order valence-electron chi connectivity index (χ1n) is 11.0. The van der Waals surface area contributed by atoms with Gasteiger partial charge in [0.15, 0.2) is 4.80 Å². The molecule has 10 heteroatoms. The molecule has 180 valence electrons. The Morgan fingerprint density at radius 2 is 1.86 bits per heavy atom. The molecule has 36 heavy (non-hydrogen) atoms. The van der Waals surface area contributed by atoms with E-state index in [0.29, 0.717) is 31.9 Å². The molecule has 0 bridgehead atoms. The van der Waals surface area contributed by atoms with E-state index in [1.54, 1.807) is 29.7 Å². The zero-order valence-corrected chi connectivity index (χ0v) is 20.9. The van der Waals surface area contributed by atoms with Crippen molar-refractivity contribution in [2.45, 2.75) is 19.9 Å². The number of amides is 1. The molecule has 1 N–H and O–H groups in total. The van der Waals surface area contributed by atoms with Crippen molar-refractivity contribution in [2.75, 3.05) is 5.32 Å². The third-order valence-electron chi connectivity index (χ3n) is 5.87. The minimum Gasteiger partial charge on any atom is -0.322 e. The quantitative estimate of drug-likeness (QED) is 0.318. The molecule has 1 atom stereocenters. The number of hydrogen-bond acceptors (Lipinski definition) is 7. The number of benzene rings is 2. The fraction of sp³-hybridized carbons (Fsp3) is 0.115. The fourth-order valence-corrected chi connectivity index (χ4v) is 5.94. The second-order valence-electron chi connectivity index (χ2n) is 8.21. The third-order valence-corrected chi connectivity index (χ3v) is 7.78. The number of thiazole rings is 1. The number of thiophene rings is 1. The van der Waals surface area contributed by atoms with Gasteiger partial charge in [-0.2, -0.15) is 0 Å². The predicted octanol–water partition coefficient (Wildman–Crippen LogP) is 4.15. The Kier molecular flexibility index (Phi) is 6.21. The van der Waals surface area contributed by atoms with Crippen LogP contribution >= 0.6 is 22.7 Å². The molecule has 0 spiro atoms. The van der Waals surface area contributed by atoms with Crippen LogP contribution in [0.15, 0.2) is 87.1 Å². The number of anilines is 1. The van der Waals surface area contributed by atoms with E-state index in [1.165, 1.54) is 34.8 Å². The fourth-order valence-electron chi connectivity index (χ4n) is 4.07. The monoisotopic (exact) mass is 516 g/mol. The molecular weight excluding hydrogens is 496 g/mol. The summed E-state index contributed by atoms with van der Waals surface area (Å²) in [5, 5.41) is 15.8. The van der Waals surface area contributed by atoms with Crippen molar-refractivity contribution in [3.63, 3.8) is 0 Å². The van der Waals surface area contributed by atoms with Crippen LogP contribution in [-0.4, -0.2) is 15.4 Å².